The SMILES string of the molecule is Cn1c(Nc2c(Cl)ccc(CNC(=O)CC3CC3)c2Cl)nc2cc(Cl)c(N3CCCC(C(F)(F)F)C3)cc21. The number of amides is 1. The number of nitrogens with one attached hydrogen (secondary N) is 2. The van der Waals surface area contributed by atoms with Crippen molar-refractivity contribution in [2.45, 2.75) is 44.8 Å². The number of alkyl halides is 3. The fourth-order valence-electron chi connectivity index (χ4n) is 4.83. The normalized spacial score (nSPS) is 18.2. The molecule has 1 amide bonds. The number of nitrogens with zero attached hydrogens (tertiary/aromatic N) is 3. The molecule has 2 aromatic carbocycles. The van der Waals surface area contributed by atoms with Gasteiger partial charge in [-0.15, -0.1) is 0 Å². The number of benzene rings is 2. The maximum atomic E-state index is 13.4. The van der Waals surface area contributed by atoms with Crippen LogP contribution in [0.3, 0.4) is 0 Å². The average Bonchev–Trinajstić information content (AvgIpc) is 3.63. The summed E-state index contributed by atoms with van der Waals surface area (Å²) >= 11 is 19.6. The van der Waals surface area contributed by atoms with E-state index in [2.05, 4.69) is 15.6 Å². The Labute approximate surface area is 233 Å². The van der Waals surface area contributed by atoms with Crippen LogP contribution in [0.25, 0.3) is 11.0 Å². The van der Waals surface area contributed by atoms with Crippen molar-refractivity contribution in [3.05, 3.63) is 44.9 Å². The molecule has 3 aromatic rings. The number of hydrogen-bond donors (Lipinski definition) is 2. The minimum Gasteiger partial charge on any atom is -0.370 e. The zero-order valence-corrected chi connectivity index (χ0v) is 22.9. The molecule has 0 bridgehead atoms. The monoisotopic (exact) mass is 587 g/mol. The topological polar surface area (TPSA) is 62.2 Å². The fraction of sp³-hybridized carbons (Fsp3) is 0.462. The van der Waals surface area contributed by atoms with Gasteiger partial charge >= 0.3 is 6.18 Å². The second-order valence-electron chi connectivity index (χ2n) is 10.1. The summed E-state index contributed by atoms with van der Waals surface area (Å²) in [4.78, 5) is 18.4. The molecule has 1 atom stereocenters. The molecule has 1 aliphatic carbocycles. The number of carbonyl (C=O) groups is 1. The van der Waals surface area contributed by atoms with Crippen LogP contribution in [0.1, 0.15) is 37.7 Å². The van der Waals surface area contributed by atoms with E-state index >= 15 is 0 Å². The highest BCUT2D eigenvalue weighted by Gasteiger charge is 2.42. The van der Waals surface area contributed by atoms with Crippen LogP contribution in [-0.2, 0) is 18.4 Å². The number of imidazole rings is 1. The van der Waals surface area contributed by atoms with E-state index in [1.165, 1.54) is 0 Å². The highest BCUT2D eigenvalue weighted by Crippen LogP contribution is 2.40. The summed E-state index contributed by atoms with van der Waals surface area (Å²) in [5.74, 6) is -0.479. The van der Waals surface area contributed by atoms with E-state index in [1.807, 2.05) is 0 Å². The summed E-state index contributed by atoms with van der Waals surface area (Å²) in [6.45, 7) is 0.634. The predicted molar refractivity (Wildman–Crippen MR) is 146 cm³/mol. The number of aromatic nitrogens is 2. The van der Waals surface area contributed by atoms with E-state index in [0.29, 0.717) is 74.3 Å². The van der Waals surface area contributed by atoms with Crippen LogP contribution in [-0.4, -0.2) is 34.7 Å². The summed E-state index contributed by atoms with van der Waals surface area (Å²) in [6, 6.07) is 6.89. The first-order valence-corrected chi connectivity index (χ1v) is 13.6. The van der Waals surface area contributed by atoms with Gasteiger partial charge in [0, 0.05) is 33.1 Å². The van der Waals surface area contributed by atoms with E-state index < -0.39 is 12.1 Å². The minimum absolute atomic E-state index is 0.00804. The third-order valence-electron chi connectivity index (χ3n) is 7.23. The maximum Gasteiger partial charge on any atom is 0.393 e. The van der Waals surface area contributed by atoms with E-state index in [0.717, 1.165) is 12.8 Å². The van der Waals surface area contributed by atoms with Crippen LogP contribution in [0, 0.1) is 11.8 Å². The molecule has 1 aliphatic heterocycles. The number of rotatable bonds is 7. The van der Waals surface area contributed by atoms with Crippen molar-refractivity contribution in [2.75, 3.05) is 23.3 Å². The lowest BCUT2D eigenvalue weighted by molar-refractivity contribution is -0.176. The van der Waals surface area contributed by atoms with Gasteiger partial charge < -0.3 is 20.1 Å². The standard InChI is InChI=1S/C26H27Cl3F3N5O/c1-36-21-11-20(37-8-2-3-16(13-37)26(30,31)32)18(28)10-19(21)34-25(36)35-24-17(27)7-6-15(23(24)29)12-33-22(38)9-14-4-5-14/h6-7,10-11,14,16H,2-5,8-9,12-13H2,1H3,(H,33,38)(H,34,35). The van der Waals surface area contributed by atoms with Crippen molar-refractivity contribution in [3.8, 4) is 0 Å². The summed E-state index contributed by atoms with van der Waals surface area (Å²) in [6.07, 6.45) is -0.976. The Hall–Kier alpha value is -2.36. The lowest BCUT2D eigenvalue weighted by Gasteiger charge is -2.35. The van der Waals surface area contributed by atoms with Gasteiger partial charge in [-0.3, -0.25) is 4.79 Å². The Bertz CT molecular complexity index is 1370. The Morgan fingerprint density at radius 2 is 1.89 bits per heavy atom. The average molecular weight is 589 g/mol. The maximum absolute atomic E-state index is 13.4. The van der Waals surface area contributed by atoms with Gasteiger partial charge in [-0.2, -0.15) is 13.2 Å². The molecule has 1 saturated heterocycles. The molecule has 2 heterocycles. The lowest BCUT2D eigenvalue weighted by atomic mass is 9.97. The van der Waals surface area contributed by atoms with E-state index in [9.17, 15) is 18.0 Å². The first kappa shape index (κ1) is 27.2. The van der Waals surface area contributed by atoms with Gasteiger partial charge in [-0.05, 0) is 55.4 Å². The molecule has 204 valence electrons. The molecule has 1 saturated carbocycles. The minimum atomic E-state index is -4.24. The lowest BCUT2D eigenvalue weighted by Crippen LogP contribution is -2.41. The Kier molecular flexibility index (Phi) is 7.64. The molecule has 12 heteroatoms. The second kappa shape index (κ2) is 10.7. The van der Waals surface area contributed by atoms with Crippen molar-refractivity contribution in [2.24, 2.45) is 18.9 Å². The number of fused-ring (bicyclic) bond motifs is 1. The number of aryl methyl sites for hydroxylation is 1. The second-order valence-corrected chi connectivity index (χ2v) is 11.3. The van der Waals surface area contributed by atoms with Gasteiger partial charge in [0.2, 0.25) is 11.9 Å². The number of hydrogen-bond acceptors (Lipinski definition) is 4. The van der Waals surface area contributed by atoms with Crippen LogP contribution in [0.5, 0.6) is 0 Å². The molecule has 1 unspecified atom stereocenters. The predicted octanol–water partition coefficient (Wildman–Crippen LogP) is 7.47. The van der Waals surface area contributed by atoms with Crippen LogP contribution in [0.2, 0.25) is 15.1 Å². The summed E-state index contributed by atoms with van der Waals surface area (Å²) < 4.78 is 41.9. The summed E-state index contributed by atoms with van der Waals surface area (Å²) in [7, 11) is 1.79. The molecule has 1 aromatic heterocycles. The molecule has 0 radical (unpaired) electrons. The number of piperidine rings is 1. The molecule has 0 spiro atoms. The molecule has 2 N–H and O–H groups in total. The molecular formula is C26H27Cl3F3N5O. The van der Waals surface area contributed by atoms with Gasteiger partial charge in [-0.25, -0.2) is 4.98 Å². The van der Waals surface area contributed by atoms with Gasteiger partial charge in [0.25, 0.3) is 0 Å². The van der Waals surface area contributed by atoms with Gasteiger partial charge in [0.05, 0.1) is 43.4 Å². The Balaban J connectivity index is 1.39. The third kappa shape index (κ3) is 5.80. The van der Waals surface area contributed by atoms with Gasteiger partial charge in [-0.1, -0.05) is 40.9 Å². The van der Waals surface area contributed by atoms with Crippen molar-refractivity contribution in [1.29, 1.82) is 0 Å². The molecule has 6 nitrogen and oxygen atoms in total. The van der Waals surface area contributed by atoms with E-state index in [1.54, 1.807) is 40.8 Å². The molecule has 5 rings (SSSR count). The van der Waals surface area contributed by atoms with Crippen LogP contribution < -0.4 is 15.5 Å². The Morgan fingerprint density at radius 3 is 2.61 bits per heavy atom. The third-order valence-corrected chi connectivity index (χ3v) is 8.28. The molecule has 38 heavy (non-hydrogen) atoms. The van der Waals surface area contributed by atoms with Crippen molar-refractivity contribution >= 4 is 69.1 Å². The van der Waals surface area contributed by atoms with E-state index in [-0.39, 0.29) is 25.4 Å². The fourth-order valence-corrected chi connectivity index (χ4v) is 5.64. The van der Waals surface area contributed by atoms with Crippen LogP contribution in [0.15, 0.2) is 24.3 Å². The van der Waals surface area contributed by atoms with Gasteiger partial charge in [0.1, 0.15) is 0 Å². The quantitative estimate of drug-likeness (QED) is 0.301. The summed E-state index contributed by atoms with van der Waals surface area (Å²) in [5.41, 5.74) is 2.95. The van der Waals surface area contributed by atoms with Crippen molar-refractivity contribution in [3.63, 3.8) is 0 Å². The number of anilines is 3. The summed E-state index contributed by atoms with van der Waals surface area (Å²) in [5, 5.41) is 7.17. The zero-order chi connectivity index (χ0) is 27.2. The van der Waals surface area contributed by atoms with Crippen LogP contribution >= 0.6 is 34.8 Å². The molecule has 2 fully saturated rings. The smallest absolute Gasteiger partial charge is 0.370 e. The molecular weight excluding hydrogens is 562 g/mol. The first-order chi connectivity index (χ1) is 18.0. The zero-order valence-electron chi connectivity index (χ0n) is 20.6. The highest BCUT2D eigenvalue weighted by molar-refractivity contribution is 6.39. The van der Waals surface area contributed by atoms with Crippen molar-refractivity contribution < 1.29 is 18.0 Å². The van der Waals surface area contributed by atoms with Crippen LogP contribution in [0.4, 0.5) is 30.5 Å². The molecule has 2 aliphatic rings. The largest absolute Gasteiger partial charge is 0.393 e. The number of halogens is 6. The highest BCUT2D eigenvalue weighted by atomic mass is 35.5. The Morgan fingerprint density at radius 1 is 1.13 bits per heavy atom. The number of carbonyl (C=O) groups excluding carboxylic acids is 1. The van der Waals surface area contributed by atoms with E-state index in [4.69, 9.17) is 34.8 Å². The van der Waals surface area contributed by atoms with Gasteiger partial charge in [0.15, 0.2) is 0 Å². The van der Waals surface area contributed by atoms with Crippen molar-refractivity contribution in [1.82, 2.24) is 14.9 Å². The first-order valence-electron chi connectivity index (χ1n) is 12.5.